The maximum absolute atomic E-state index is 12.7. The second-order valence-corrected chi connectivity index (χ2v) is 9.26. The summed E-state index contributed by atoms with van der Waals surface area (Å²) < 4.78 is 0. The van der Waals surface area contributed by atoms with E-state index in [-0.39, 0.29) is 5.91 Å². The summed E-state index contributed by atoms with van der Waals surface area (Å²) in [6.07, 6.45) is 1.58. The number of rotatable bonds is 6. The van der Waals surface area contributed by atoms with Crippen molar-refractivity contribution in [2.45, 2.75) is 18.5 Å². The van der Waals surface area contributed by atoms with Crippen molar-refractivity contribution >= 4 is 50.6 Å². The molecule has 0 saturated heterocycles. The third kappa shape index (κ3) is 3.97. The molecule has 28 heavy (non-hydrogen) atoms. The van der Waals surface area contributed by atoms with E-state index in [1.54, 1.807) is 33.9 Å². The Bertz CT molecular complexity index is 1100. The van der Waals surface area contributed by atoms with E-state index in [4.69, 9.17) is 0 Å². The normalized spacial score (nSPS) is 11.1. The second-order valence-electron chi connectivity index (χ2n) is 6.44. The summed E-state index contributed by atoms with van der Waals surface area (Å²) in [5.41, 5.74) is 3.50. The Morgan fingerprint density at radius 1 is 1.14 bits per heavy atom. The van der Waals surface area contributed by atoms with Crippen LogP contribution in [0.1, 0.15) is 10.4 Å². The number of carbonyl (C=O) groups is 1. The first-order chi connectivity index (χ1) is 13.6. The molecule has 0 aliphatic rings. The lowest BCUT2D eigenvalue weighted by molar-refractivity contribution is -0.127. The number of carbonyl (C=O) groups excluding carboxylic acids is 1. The van der Waals surface area contributed by atoms with Crippen molar-refractivity contribution < 1.29 is 4.79 Å². The molecule has 0 spiro atoms. The van der Waals surface area contributed by atoms with Crippen molar-refractivity contribution in [3.63, 3.8) is 0 Å². The van der Waals surface area contributed by atoms with Gasteiger partial charge in [-0.2, -0.15) is 0 Å². The number of hydrogen-bond donors (Lipinski definition) is 0. The SMILES string of the molecule is Cc1ccsc1CN(C)C(=O)CSc1ncnc2scc(-c3ccccc3)c12. The van der Waals surface area contributed by atoms with Gasteiger partial charge >= 0.3 is 0 Å². The van der Waals surface area contributed by atoms with E-state index in [1.807, 2.05) is 25.2 Å². The summed E-state index contributed by atoms with van der Waals surface area (Å²) in [6, 6.07) is 12.3. The van der Waals surface area contributed by atoms with Crippen LogP contribution in [0, 0.1) is 6.92 Å². The van der Waals surface area contributed by atoms with Crippen molar-refractivity contribution in [1.82, 2.24) is 14.9 Å². The molecular formula is C21H19N3OS3. The number of amides is 1. The van der Waals surface area contributed by atoms with Crippen LogP contribution in [0.4, 0.5) is 0 Å². The molecule has 0 atom stereocenters. The monoisotopic (exact) mass is 425 g/mol. The highest BCUT2D eigenvalue weighted by atomic mass is 32.2. The standard InChI is InChI=1S/C21H19N3OS3/c1-14-8-9-26-17(14)10-24(2)18(25)12-28-21-19-16(15-6-4-3-5-7-15)11-27-20(19)22-13-23-21/h3-9,11,13H,10,12H2,1-2H3. The molecule has 4 nitrogen and oxygen atoms in total. The number of aromatic nitrogens is 2. The Kier molecular flexibility index (Phi) is 5.75. The van der Waals surface area contributed by atoms with Gasteiger partial charge in [0.2, 0.25) is 5.91 Å². The van der Waals surface area contributed by atoms with Crippen LogP contribution >= 0.6 is 34.4 Å². The molecule has 1 amide bonds. The van der Waals surface area contributed by atoms with Gasteiger partial charge in [0.25, 0.3) is 0 Å². The molecule has 0 aliphatic heterocycles. The number of fused-ring (bicyclic) bond motifs is 1. The second kappa shape index (κ2) is 8.43. The Morgan fingerprint density at radius 2 is 1.96 bits per heavy atom. The fraction of sp³-hybridized carbons (Fsp3) is 0.190. The molecule has 4 rings (SSSR count). The Morgan fingerprint density at radius 3 is 2.71 bits per heavy atom. The first kappa shape index (κ1) is 19.1. The fourth-order valence-electron chi connectivity index (χ4n) is 2.90. The lowest BCUT2D eigenvalue weighted by atomic mass is 10.1. The van der Waals surface area contributed by atoms with Crippen molar-refractivity contribution in [3.8, 4) is 11.1 Å². The van der Waals surface area contributed by atoms with E-state index >= 15 is 0 Å². The quantitative estimate of drug-likeness (QED) is 0.303. The predicted molar refractivity (Wildman–Crippen MR) is 119 cm³/mol. The zero-order valence-corrected chi connectivity index (χ0v) is 18.0. The van der Waals surface area contributed by atoms with Gasteiger partial charge in [0.1, 0.15) is 16.2 Å². The molecule has 7 heteroatoms. The third-order valence-corrected chi connectivity index (χ3v) is 7.40. The number of thiophene rings is 2. The van der Waals surface area contributed by atoms with Crippen LogP contribution in [-0.4, -0.2) is 33.6 Å². The van der Waals surface area contributed by atoms with Crippen molar-refractivity contribution in [1.29, 1.82) is 0 Å². The van der Waals surface area contributed by atoms with Crippen LogP contribution in [0.2, 0.25) is 0 Å². The fourth-order valence-corrected chi connectivity index (χ4v) is 5.79. The van der Waals surface area contributed by atoms with Gasteiger partial charge in [-0.05, 0) is 29.5 Å². The maximum Gasteiger partial charge on any atom is 0.233 e. The lowest BCUT2D eigenvalue weighted by Crippen LogP contribution is -2.27. The van der Waals surface area contributed by atoms with Gasteiger partial charge in [0.05, 0.1) is 17.7 Å². The Hall–Kier alpha value is -2.22. The van der Waals surface area contributed by atoms with Crippen LogP contribution in [-0.2, 0) is 11.3 Å². The molecule has 0 aliphatic carbocycles. The molecule has 0 fully saturated rings. The molecule has 0 N–H and O–H groups in total. The first-order valence-electron chi connectivity index (χ1n) is 8.81. The van der Waals surface area contributed by atoms with Crippen molar-refractivity contribution in [2.75, 3.05) is 12.8 Å². The molecule has 3 aromatic heterocycles. The molecular weight excluding hydrogens is 406 g/mol. The van der Waals surface area contributed by atoms with Gasteiger partial charge in [-0.1, -0.05) is 42.1 Å². The number of aryl methyl sites for hydroxylation is 1. The maximum atomic E-state index is 12.7. The number of nitrogens with zero attached hydrogens (tertiary/aromatic N) is 3. The number of hydrogen-bond acceptors (Lipinski definition) is 6. The minimum absolute atomic E-state index is 0.0982. The van der Waals surface area contributed by atoms with Crippen LogP contribution in [0.3, 0.4) is 0 Å². The Labute approximate surface area is 176 Å². The minimum Gasteiger partial charge on any atom is -0.340 e. The summed E-state index contributed by atoms with van der Waals surface area (Å²) in [5, 5.41) is 6.08. The lowest BCUT2D eigenvalue weighted by Gasteiger charge is -2.16. The summed E-state index contributed by atoms with van der Waals surface area (Å²) >= 11 is 4.79. The van der Waals surface area contributed by atoms with Gasteiger partial charge in [-0.25, -0.2) is 9.97 Å². The zero-order chi connectivity index (χ0) is 19.5. The smallest absolute Gasteiger partial charge is 0.233 e. The first-order valence-corrected chi connectivity index (χ1v) is 11.6. The van der Waals surface area contributed by atoms with E-state index in [1.165, 1.54) is 22.2 Å². The summed E-state index contributed by atoms with van der Waals surface area (Å²) in [7, 11) is 1.86. The third-order valence-electron chi connectivity index (χ3n) is 4.53. The van der Waals surface area contributed by atoms with Crippen LogP contribution in [0.5, 0.6) is 0 Å². The highest BCUT2D eigenvalue weighted by Crippen LogP contribution is 2.37. The molecule has 0 unspecified atom stereocenters. The molecule has 142 valence electrons. The van der Waals surface area contributed by atoms with Gasteiger partial charge < -0.3 is 4.90 Å². The number of benzene rings is 1. The molecule has 0 bridgehead atoms. The largest absolute Gasteiger partial charge is 0.340 e. The van der Waals surface area contributed by atoms with Crippen molar-refractivity contribution in [2.24, 2.45) is 0 Å². The van der Waals surface area contributed by atoms with E-state index in [2.05, 4.69) is 45.9 Å². The molecule has 0 radical (unpaired) electrons. The van der Waals surface area contributed by atoms with E-state index < -0.39 is 0 Å². The highest BCUT2D eigenvalue weighted by molar-refractivity contribution is 8.00. The van der Waals surface area contributed by atoms with Crippen LogP contribution in [0.15, 0.2) is 58.5 Å². The van der Waals surface area contributed by atoms with E-state index in [9.17, 15) is 4.79 Å². The summed E-state index contributed by atoms with van der Waals surface area (Å²) in [4.78, 5) is 25.5. The van der Waals surface area contributed by atoms with Crippen molar-refractivity contribution in [3.05, 3.63) is 63.9 Å². The van der Waals surface area contributed by atoms with Gasteiger partial charge in [-0.3, -0.25) is 4.79 Å². The Balaban J connectivity index is 1.53. The molecule has 3 heterocycles. The summed E-state index contributed by atoms with van der Waals surface area (Å²) in [5.74, 6) is 0.456. The van der Waals surface area contributed by atoms with Gasteiger partial charge in [0.15, 0.2) is 0 Å². The zero-order valence-electron chi connectivity index (χ0n) is 15.6. The molecule has 4 aromatic rings. The average molecular weight is 426 g/mol. The minimum atomic E-state index is 0.0982. The average Bonchev–Trinajstić information content (AvgIpc) is 3.33. The highest BCUT2D eigenvalue weighted by Gasteiger charge is 2.16. The molecule has 1 aromatic carbocycles. The molecule has 0 saturated carbocycles. The van der Waals surface area contributed by atoms with Gasteiger partial charge in [-0.15, -0.1) is 22.7 Å². The topological polar surface area (TPSA) is 46.1 Å². The van der Waals surface area contributed by atoms with Crippen LogP contribution in [0.25, 0.3) is 21.3 Å². The number of thioether (sulfide) groups is 1. The van der Waals surface area contributed by atoms with Gasteiger partial charge in [0, 0.05) is 22.9 Å². The summed E-state index contributed by atoms with van der Waals surface area (Å²) in [6.45, 7) is 2.73. The van der Waals surface area contributed by atoms with Crippen LogP contribution < -0.4 is 0 Å². The van der Waals surface area contributed by atoms with E-state index in [0.29, 0.717) is 12.3 Å². The van der Waals surface area contributed by atoms with E-state index in [0.717, 1.165) is 26.4 Å². The predicted octanol–water partition coefficient (Wildman–Crippen LogP) is 5.48.